The minimum atomic E-state index is 0.468. The van der Waals surface area contributed by atoms with Crippen molar-refractivity contribution in [2.45, 2.75) is 13.5 Å². The summed E-state index contributed by atoms with van der Waals surface area (Å²) in [5.74, 6) is 2.25. The van der Waals surface area contributed by atoms with Gasteiger partial charge in [0.25, 0.3) is 0 Å². The Hall–Kier alpha value is -2.78. The zero-order chi connectivity index (χ0) is 18.6. The van der Waals surface area contributed by atoms with Gasteiger partial charge in [-0.3, -0.25) is 0 Å². The molecule has 0 amide bonds. The molecular formula is C23H21ClN2O. The monoisotopic (exact) mass is 376 g/mol. The van der Waals surface area contributed by atoms with Crippen LogP contribution in [-0.2, 0) is 6.54 Å². The molecule has 1 aromatic heterocycles. The van der Waals surface area contributed by atoms with E-state index in [1.54, 1.807) is 0 Å². The Bertz CT molecular complexity index is 1060. The Morgan fingerprint density at radius 3 is 2.59 bits per heavy atom. The molecule has 0 aliphatic rings. The summed E-state index contributed by atoms with van der Waals surface area (Å²) in [5.41, 5.74) is 5.59. The smallest absolute Gasteiger partial charge is 0.141 e. The summed E-state index contributed by atoms with van der Waals surface area (Å²) < 4.78 is 7.99. The van der Waals surface area contributed by atoms with Gasteiger partial charge in [0, 0.05) is 18.2 Å². The van der Waals surface area contributed by atoms with Crippen LogP contribution in [0, 0.1) is 6.92 Å². The van der Waals surface area contributed by atoms with Crippen LogP contribution in [0.3, 0.4) is 0 Å². The predicted molar refractivity (Wildman–Crippen MR) is 112 cm³/mol. The second kappa shape index (κ2) is 7.85. The summed E-state index contributed by atoms with van der Waals surface area (Å²) in [6, 6.07) is 24.9. The number of alkyl halides is 1. The summed E-state index contributed by atoms with van der Waals surface area (Å²) in [7, 11) is 0. The molecular weight excluding hydrogens is 356 g/mol. The minimum Gasteiger partial charge on any atom is -0.492 e. The Morgan fingerprint density at radius 2 is 1.81 bits per heavy atom. The van der Waals surface area contributed by atoms with Crippen molar-refractivity contribution in [2.75, 3.05) is 12.5 Å². The second-order valence-electron chi connectivity index (χ2n) is 6.56. The van der Waals surface area contributed by atoms with Crippen molar-refractivity contribution in [1.29, 1.82) is 0 Å². The number of rotatable bonds is 6. The van der Waals surface area contributed by atoms with Gasteiger partial charge in [0.1, 0.15) is 18.2 Å². The molecule has 0 atom stereocenters. The molecule has 136 valence electrons. The highest BCUT2D eigenvalue weighted by atomic mass is 35.5. The van der Waals surface area contributed by atoms with Gasteiger partial charge in [-0.1, -0.05) is 54.1 Å². The zero-order valence-electron chi connectivity index (χ0n) is 15.2. The van der Waals surface area contributed by atoms with Crippen molar-refractivity contribution < 1.29 is 4.74 Å². The highest BCUT2D eigenvalue weighted by Crippen LogP contribution is 2.29. The summed E-state index contributed by atoms with van der Waals surface area (Å²) >= 11 is 5.76. The molecule has 0 saturated carbocycles. The SMILES string of the molecule is Cc1cccc(-c2nc3ccc(OCCCl)cc3n2Cc2ccccc2)c1. The number of hydrogen-bond donors (Lipinski definition) is 0. The minimum absolute atomic E-state index is 0.468. The van der Waals surface area contributed by atoms with Gasteiger partial charge in [0.15, 0.2) is 0 Å². The molecule has 3 nitrogen and oxygen atoms in total. The fraction of sp³-hybridized carbons (Fsp3) is 0.174. The number of halogens is 1. The largest absolute Gasteiger partial charge is 0.492 e. The van der Waals surface area contributed by atoms with E-state index in [2.05, 4.69) is 66.1 Å². The average molecular weight is 377 g/mol. The molecule has 4 rings (SSSR count). The van der Waals surface area contributed by atoms with Crippen LogP contribution in [-0.4, -0.2) is 22.0 Å². The fourth-order valence-corrected chi connectivity index (χ4v) is 3.36. The number of fused-ring (bicyclic) bond motifs is 1. The Balaban J connectivity index is 1.86. The van der Waals surface area contributed by atoms with Gasteiger partial charge in [-0.15, -0.1) is 11.6 Å². The third kappa shape index (κ3) is 3.83. The van der Waals surface area contributed by atoms with Crippen LogP contribution < -0.4 is 4.74 Å². The molecule has 3 aromatic carbocycles. The zero-order valence-corrected chi connectivity index (χ0v) is 16.0. The standard InChI is InChI=1S/C23H21ClN2O/c1-17-6-5-9-19(14-17)23-25-21-11-10-20(27-13-12-24)15-22(21)26(23)16-18-7-3-2-4-8-18/h2-11,14-15H,12-13,16H2,1H3. The number of nitrogens with zero attached hydrogens (tertiary/aromatic N) is 2. The molecule has 0 aliphatic carbocycles. The second-order valence-corrected chi connectivity index (χ2v) is 6.94. The summed E-state index contributed by atoms with van der Waals surface area (Å²) in [6.07, 6.45) is 0. The number of ether oxygens (including phenoxy) is 1. The third-order valence-electron chi connectivity index (χ3n) is 4.53. The van der Waals surface area contributed by atoms with E-state index in [1.165, 1.54) is 11.1 Å². The molecule has 0 unspecified atom stereocenters. The Morgan fingerprint density at radius 1 is 0.963 bits per heavy atom. The van der Waals surface area contributed by atoms with Gasteiger partial charge in [-0.2, -0.15) is 0 Å². The van der Waals surface area contributed by atoms with E-state index in [0.717, 1.165) is 34.7 Å². The lowest BCUT2D eigenvalue weighted by atomic mass is 10.1. The van der Waals surface area contributed by atoms with Gasteiger partial charge in [-0.05, 0) is 30.7 Å². The van der Waals surface area contributed by atoms with E-state index >= 15 is 0 Å². The van der Waals surface area contributed by atoms with Crippen molar-refractivity contribution in [2.24, 2.45) is 0 Å². The van der Waals surface area contributed by atoms with E-state index < -0.39 is 0 Å². The van der Waals surface area contributed by atoms with E-state index in [0.29, 0.717) is 12.5 Å². The van der Waals surface area contributed by atoms with Gasteiger partial charge >= 0.3 is 0 Å². The summed E-state index contributed by atoms with van der Waals surface area (Å²) in [5, 5.41) is 0. The maximum absolute atomic E-state index is 5.76. The average Bonchev–Trinajstić information content (AvgIpc) is 3.05. The van der Waals surface area contributed by atoms with Gasteiger partial charge in [0.2, 0.25) is 0 Å². The van der Waals surface area contributed by atoms with Crippen molar-refractivity contribution >= 4 is 22.6 Å². The molecule has 0 radical (unpaired) electrons. The first-order valence-corrected chi connectivity index (χ1v) is 9.58. The third-order valence-corrected chi connectivity index (χ3v) is 4.68. The van der Waals surface area contributed by atoms with Crippen LogP contribution >= 0.6 is 11.6 Å². The molecule has 0 saturated heterocycles. The van der Waals surface area contributed by atoms with Crippen molar-refractivity contribution in [3.05, 3.63) is 83.9 Å². The predicted octanol–water partition coefficient (Wildman–Crippen LogP) is 5.68. The first-order valence-electron chi connectivity index (χ1n) is 9.04. The maximum Gasteiger partial charge on any atom is 0.141 e. The molecule has 0 aliphatic heterocycles. The summed E-state index contributed by atoms with van der Waals surface area (Å²) in [6.45, 7) is 3.34. The Labute approximate surface area is 164 Å². The van der Waals surface area contributed by atoms with Crippen molar-refractivity contribution in [3.8, 4) is 17.1 Å². The number of aromatic nitrogens is 2. The highest BCUT2D eigenvalue weighted by molar-refractivity contribution is 6.18. The van der Waals surface area contributed by atoms with E-state index in [1.807, 2.05) is 18.2 Å². The highest BCUT2D eigenvalue weighted by Gasteiger charge is 2.14. The first kappa shape index (κ1) is 17.6. The lowest BCUT2D eigenvalue weighted by Gasteiger charge is -2.11. The molecule has 0 fully saturated rings. The van der Waals surface area contributed by atoms with Crippen LogP contribution in [0.15, 0.2) is 72.8 Å². The molecule has 1 heterocycles. The molecule has 0 spiro atoms. The van der Waals surface area contributed by atoms with E-state index in [4.69, 9.17) is 21.3 Å². The first-order chi connectivity index (χ1) is 13.2. The molecule has 4 aromatic rings. The van der Waals surface area contributed by atoms with Crippen LogP contribution in [0.25, 0.3) is 22.4 Å². The molecule has 0 N–H and O–H groups in total. The van der Waals surface area contributed by atoms with Crippen molar-refractivity contribution in [1.82, 2.24) is 9.55 Å². The Kier molecular flexibility index (Phi) is 5.12. The van der Waals surface area contributed by atoms with Crippen LogP contribution in [0.5, 0.6) is 5.75 Å². The van der Waals surface area contributed by atoms with Gasteiger partial charge < -0.3 is 9.30 Å². The number of benzene rings is 3. The van der Waals surface area contributed by atoms with Gasteiger partial charge in [-0.25, -0.2) is 4.98 Å². The maximum atomic E-state index is 5.76. The topological polar surface area (TPSA) is 27.1 Å². The van der Waals surface area contributed by atoms with Crippen LogP contribution in [0.4, 0.5) is 0 Å². The normalized spacial score (nSPS) is 11.0. The molecule has 0 bridgehead atoms. The van der Waals surface area contributed by atoms with E-state index in [9.17, 15) is 0 Å². The summed E-state index contributed by atoms with van der Waals surface area (Å²) in [4.78, 5) is 4.92. The van der Waals surface area contributed by atoms with Gasteiger partial charge in [0.05, 0.1) is 16.9 Å². The lowest BCUT2D eigenvalue weighted by molar-refractivity contribution is 0.343. The van der Waals surface area contributed by atoms with Crippen molar-refractivity contribution in [3.63, 3.8) is 0 Å². The lowest BCUT2D eigenvalue weighted by Crippen LogP contribution is -2.03. The molecule has 27 heavy (non-hydrogen) atoms. The van der Waals surface area contributed by atoms with Crippen LogP contribution in [0.1, 0.15) is 11.1 Å². The number of hydrogen-bond acceptors (Lipinski definition) is 2. The van der Waals surface area contributed by atoms with E-state index in [-0.39, 0.29) is 0 Å². The quantitative estimate of drug-likeness (QED) is 0.405. The number of aryl methyl sites for hydroxylation is 1. The number of imidazole rings is 1. The molecule has 4 heteroatoms. The fourth-order valence-electron chi connectivity index (χ4n) is 3.28. The van der Waals surface area contributed by atoms with Crippen LogP contribution in [0.2, 0.25) is 0 Å².